The van der Waals surface area contributed by atoms with Gasteiger partial charge in [-0.15, -0.1) is 0 Å². The molecule has 0 aliphatic carbocycles. The van der Waals surface area contributed by atoms with E-state index in [9.17, 15) is 15.0 Å². The lowest BCUT2D eigenvalue weighted by Crippen LogP contribution is -2.43. The lowest BCUT2D eigenvalue weighted by Gasteiger charge is -2.31. The molecule has 2 aromatic carbocycles. The zero-order valence-electron chi connectivity index (χ0n) is 12.8. The van der Waals surface area contributed by atoms with E-state index in [4.69, 9.17) is 0 Å². The molecule has 2 unspecified atom stereocenters. The summed E-state index contributed by atoms with van der Waals surface area (Å²) in [5, 5.41) is 28.0. The highest BCUT2D eigenvalue weighted by atomic mass is 79.9. The molecular weight excluding hydrogens is 374 g/mol. The van der Waals surface area contributed by atoms with E-state index in [1.54, 1.807) is 6.07 Å². The van der Waals surface area contributed by atoms with Crippen LogP contribution in [0.5, 0.6) is 0 Å². The maximum Gasteiger partial charge on any atom is 0.224 e. The molecular formula is C17H18BrN3O3. The minimum absolute atomic E-state index is 0.0840. The molecule has 0 bridgehead atoms. The molecule has 2 aromatic rings. The van der Waals surface area contributed by atoms with Crippen molar-refractivity contribution >= 4 is 33.2 Å². The van der Waals surface area contributed by atoms with Crippen molar-refractivity contribution in [3.63, 3.8) is 0 Å². The van der Waals surface area contributed by atoms with Gasteiger partial charge in [0.05, 0.1) is 17.8 Å². The molecule has 126 valence electrons. The molecule has 24 heavy (non-hydrogen) atoms. The van der Waals surface area contributed by atoms with Crippen LogP contribution in [0.3, 0.4) is 0 Å². The van der Waals surface area contributed by atoms with Crippen LogP contribution in [0, 0.1) is 0 Å². The van der Waals surface area contributed by atoms with E-state index in [0.717, 1.165) is 15.6 Å². The highest BCUT2D eigenvalue weighted by Gasteiger charge is 2.25. The number of carbonyl (C=O) groups is 1. The monoisotopic (exact) mass is 391 g/mol. The van der Waals surface area contributed by atoms with E-state index in [-0.39, 0.29) is 5.91 Å². The third kappa shape index (κ3) is 3.87. The number of aliphatic hydroxyl groups excluding tert-OH is 2. The molecule has 3 rings (SSSR count). The standard InChI is InChI=1S/C17H18BrN3O3/c18-12-7-11(15-13(8-12)20-16(23)17(24)21-15)9-19-14(22)6-10-4-2-1-3-5-10/h1-5,7-8,16-17,20-21,23-24H,6,9H2,(H,19,22). The van der Waals surface area contributed by atoms with Crippen molar-refractivity contribution in [2.24, 2.45) is 0 Å². The average molecular weight is 392 g/mol. The van der Waals surface area contributed by atoms with Gasteiger partial charge in [0, 0.05) is 11.0 Å². The van der Waals surface area contributed by atoms with Gasteiger partial charge in [-0.1, -0.05) is 46.3 Å². The number of aliphatic hydroxyl groups is 2. The summed E-state index contributed by atoms with van der Waals surface area (Å²) in [6, 6.07) is 13.2. The molecule has 0 radical (unpaired) electrons. The molecule has 0 saturated carbocycles. The van der Waals surface area contributed by atoms with E-state index >= 15 is 0 Å². The fraction of sp³-hybridized carbons (Fsp3) is 0.235. The number of carbonyl (C=O) groups excluding carboxylic acids is 1. The number of amides is 1. The van der Waals surface area contributed by atoms with Crippen molar-refractivity contribution in [1.82, 2.24) is 5.32 Å². The van der Waals surface area contributed by atoms with E-state index in [2.05, 4.69) is 31.9 Å². The quantitative estimate of drug-likeness (QED) is 0.547. The highest BCUT2D eigenvalue weighted by Crippen LogP contribution is 2.34. The fourth-order valence-electron chi connectivity index (χ4n) is 2.59. The first kappa shape index (κ1) is 16.8. The van der Waals surface area contributed by atoms with Crippen LogP contribution in [0.1, 0.15) is 11.1 Å². The molecule has 7 heteroatoms. The van der Waals surface area contributed by atoms with Gasteiger partial charge in [-0.25, -0.2) is 0 Å². The van der Waals surface area contributed by atoms with Gasteiger partial charge in [0.2, 0.25) is 5.91 Å². The Morgan fingerprint density at radius 2 is 1.83 bits per heavy atom. The second kappa shape index (κ2) is 7.21. The first-order valence-electron chi connectivity index (χ1n) is 7.55. The SMILES string of the molecule is O=C(Cc1ccccc1)NCc1cc(Br)cc2c1NC(O)C(O)N2. The van der Waals surface area contributed by atoms with Crippen LogP contribution in [-0.4, -0.2) is 28.6 Å². The molecule has 1 aliphatic heterocycles. The van der Waals surface area contributed by atoms with Crippen molar-refractivity contribution in [3.05, 3.63) is 58.1 Å². The molecule has 0 fully saturated rings. The summed E-state index contributed by atoms with van der Waals surface area (Å²) in [5.74, 6) is -0.0840. The van der Waals surface area contributed by atoms with Crippen LogP contribution in [0.15, 0.2) is 46.9 Å². The zero-order valence-corrected chi connectivity index (χ0v) is 14.4. The summed E-state index contributed by atoms with van der Waals surface area (Å²) in [7, 11) is 0. The third-order valence-electron chi connectivity index (χ3n) is 3.76. The number of hydrogen-bond acceptors (Lipinski definition) is 5. The smallest absolute Gasteiger partial charge is 0.224 e. The number of rotatable bonds is 4. The normalized spacial score (nSPS) is 19.0. The van der Waals surface area contributed by atoms with Gasteiger partial charge in [0.25, 0.3) is 0 Å². The van der Waals surface area contributed by atoms with Crippen molar-refractivity contribution < 1.29 is 15.0 Å². The van der Waals surface area contributed by atoms with E-state index in [1.807, 2.05) is 36.4 Å². The van der Waals surface area contributed by atoms with Gasteiger partial charge >= 0.3 is 0 Å². The van der Waals surface area contributed by atoms with Crippen LogP contribution in [0.4, 0.5) is 11.4 Å². The van der Waals surface area contributed by atoms with Crippen molar-refractivity contribution in [3.8, 4) is 0 Å². The molecule has 1 aliphatic rings. The Labute approximate surface area is 148 Å². The number of halogens is 1. The highest BCUT2D eigenvalue weighted by molar-refractivity contribution is 9.10. The number of fused-ring (bicyclic) bond motifs is 1. The molecule has 1 heterocycles. The number of nitrogens with one attached hydrogen (secondary N) is 3. The van der Waals surface area contributed by atoms with Gasteiger partial charge < -0.3 is 26.2 Å². The van der Waals surface area contributed by atoms with E-state index < -0.39 is 12.5 Å². The lowest BCUT2D eigenvalue weighted by atomic mass is 10.1. The summed E-state index contributed by atoms with van der Waals surface area (Å²) in [6.45, 7) is 0.310. The zero-order chi connectivity index (χ0) is 17.1. The Balaban J connectivity index is 1.70. The first-order chi connectivity index (χ1) is 11.5. The molecule has 0 saturated heterocycles. The fourth-order valence-corrected chi connectivity index (χ4v) is 3.09. The summed E-state index contributed by atoms with van der Waals surface area (Å²) in [4.78, 5) is 12.1. The van der Waals surface area contributed by atoms with E-state index in [0.29, 0.717) is 24.3 Å². The van der Waals surface area contributed by atoms with Crippen LogP contribution >= 0.6 is 15.9 Å². The van der Waals surface area contributed by atoms with Gasteiger partial charge in [0.1, 0.15) is 0 Å². The van der Waals surface area contributed by atoms with Crippen molar-refractivity contribution in [2.75, 3.05) is 10.6 Å². The summed E-state index contributed by atoms with van der Waals surface area (Å²) >= 11 is 3.41. The first-order valence-corrected chi connectivity index (χ1v) is 8.34. The molecule has 1 amide bonds. The van der Waals surface area contributed by atoms with Crippen LogP contribution < -0.4 is 16.0 Å². The Morgan fingerprint density at radius 3 is 2.58 bits per heavy atom. The Hall–Kier alpha value is -2.09. The lowest BCUT2D eigenvalue weighted by molar-refractivity contribution is -0.120. The molecule has 0 aromatic heterocycles. The summed E-state index contributed by atoms with van der Waals surface area (Å²) in [6.07, 6.45) is -1.89. The third-order valence-corrected chi connectivity index (χ3v) is 4.22. The van der Waals surface area contributed by atoms with Crippen molar-refractivity contribution in [2.45, 2.75) is 25.4 Å². The van der Waals surface area contributed by atoms with Gasteiger partial charge in [0.15, 0.2) is 12.5 Å². The second-order valence-electron chi connectivity index (χ2n) is 5.60. The maximum atomic E-state index is 12.1. The van der Waals surface area contributed by atoms with E-state index in [1.165, 1.54) is 0 Å². The van der Waals surface area contributed by atoms with Gasteiger partial charge in [-0.05, 0) is 23.3 Å². The molecule has 5 N–H and O–H groups in total. The predicted octanol–water partition coefficient (Wildman–Crippen LogP) is 1.78. The molecule has 2 atom stereocenters. The largest absolute Gasteiger partial charge is 0.369 e. The minimum Gasteiger partial charge on any atom is -0.369 e. The number of hydrogen-bond donors (Lipinski definition) is 5. The predicted molar refractivity (Wildman–Crippen MR) is 95.4 cm³/mol. The van der Waals surface area contributed by atoms with Crippen LogP contribution in [0.25, 0.3) is 0 Å². The summed E-state index contributed by atoms with van der Waals surface area (Å²) in [5.41, 5.74) is 3.08. The topological polar surface area (TPSA) is 93.6 Å². The number of benzene rings is 2. The van der Waals surface area contributed by atoms with Gasteiger partial charge in [-0.2, -0.15) is 0 Å². The second-order valence-corrected chi connectivity index (χ2v) is 6.52. The summed E-state index contributed by atoms with van der Waals surface area (Å²) < 4.78 is 0.812. The number of anilines is 2. The Morgan fingerprint density at radius 1 is 1.12 bits per heavy atom. The minimum atomic E-state index is -1.11. The van der Waals surface area contributed by atoms with Crippen molar-refractivity contribution in [1.29, 1.82) is 0 Å². The molecule has 0 spiro atoms. The van der Waals surface area contributed by atoms with Gasteiger partial charge in [-0.3, -0.25) is 4.79 Å². The maximum absolute atomic E-state index is 12.1. The Kier molecular flexibility index (Phi) is 5.03. The molecule has 6 nitrogen and oxygen atoms in total. The average Bonchev–Trinajstić information content (AvgIpc) is 2.55. The Bertz CT molecular complexity index is 739. The van der Waals surface area contributed by atoms with Crippen LogP contribution in [0.2, 0.25) is 0 Å². The van der Waals surface area contributed by atoms with Crippen LogP contribution in [-0.2, 0) is 17.8 Å².